The number of imidazole rings is 1. The average molecular weight is 365 g/mol. The summed E-state index contributed by atoms with van der Waals surface area (Å²) < 4.78 is 2.07. The summed E-state index contributed by atoms with van der Waals surface area (Å²) in [7, 11) is 0. The van der Waals surface area contributed by atoms with Crippen molar-refractivity contribution in [2.45, 2.75) is 6.54 Å². The number of non-ortho nitro benzene ring substituents is 1. The van der Waals surface area contributed by atoms with Gasteiger partial charge in [0.2, 0.25) is 0 Å². The van der Waals surface area contributed by atoms with Crippen LogP contribution in [-0.2, 0) is 6.54 Å². The zero-order valence-corrected chi connectivity index (χ0v) is 14.7. The van der Waals surface area contributed by atoms with Crippen molar-refractivity contribution in [3.63, 3.8) is 0 Å². The lowest BCUT2D eigenvalue weighted by atomic mass is 10.1. The van der Waals surface area contributed by atoms with Crippen molar-refractivity contribution in [3.8, 4) is 0 Å². The second-order valence-corrected chi connectivity index (χ2v) is 6.55. The Morgan fingerprint density at radius 3 is 2.70 bits per heavy atom. The number of nitro groups is 1. The van der Waals surface area contributed by atoms with Crippen LogP contribution in [0.5, 0.6) is 0 Å². The molecule has 3 heterocycles. The van der Waals surface area contributed by atoms with E-state index in [2.05, 4.69) is 14.3 Å². The molecular weight excluding hydrogens is 346 g/mol. The van der Waals surface area contributed by atoms with E-state index in [1.165, 1.54) is 12.1 Å². The number of hydrogen-bond donors (Lipinski definition) is 0. The summed E-state index contributed by atoms with van der Waals surface area (Å²) in [6.07, 6.45) is 3.88. The predicted molar refractivity (Wildman–Crippen MR) is 99.5 cm³/mol. The molecule has 1 aliphatic rings. The van der Waals surface area contributed by atoms with Gasteiger partial charge in [0, 0.05) is 56.6 Å². The molecule has 0 spiro atoms. The fraction of sp³-hybridized carbons (Fsp3) is 0.263. The third-order valence-electron chi connectivity index (χ3n) is 4.84. The SMILES string of the molecule is O=C(c1cccc([N+](=O)[O-])c1)N1CCN(Cc2cnc3ccccn23)CC1. The van der Waals surface area contributed by atoms with Crippen LogP contribution in [0.2, 0.25) is 0 Å². The molecule has 138 valence electrons. The molecule has 0 saturated carbocycles. The van der Waals surface area contributed by atoms with E-state index in [1.54, 1.807) is 17.0 Å². The first-order chi connectivity index (χ1) is 13.1. The van der Waals surface area contributed by atoms with E-state index in [0.717, 1.165) is 31.0 Å². The first kappa shape index (κ1) is 17.2. The van der Waals surface area contributed by atoms with E-state index in [-0.39, 0.29) is 11.6 Å². The number of hydrogen-bond acceptors (Lipinski definition) is 5. The predicted octanol–water partition coefficient (Wildman–Crippen LogP) is 2.20. The summed E-state index contributed by atoms with van der Waals surface area (Å²) in [4.78, 5) is 31.5. The van der Waals surface area contributed by atoms with Gasteiger partial charge in [-0.2, -0.15) is 0 Å². The topological polar surface area (TPSA) is 84.0 Å². The summed E-state index contributed by atoms with van der Waals surface area (Å²) in [5.74, 6) is -0.159. The van der Waals surface area contributed by atoms with Gasteiger partial charge in [0.15, 0.2) is 0 Å². The molecule has 0 atom stereocenters. The number of carbonyl (C=O) groups is 1. The van der Waals surface area contributed by atoms with Gasteiger partial charge in [0.05, 0.1) is 16.8 Å². The fourth-order valence-corrected chi connectivity index (χ4v) is 3.38. The number of aromatic nitrogens is 2. The average Bonchev–Trinajstić information content (AvgIpc) is 3.11. The molecule has 3 aromatic rings. The molecule has 1 saturated heterocycles. The summed E-state index contributed by atoms with van der Waals surface area (Å²) in [6.45, 7) is 3.46. The highest BCUT2D eigenvalue weighted by molar-refractivity contribution is 5.94. The Labute approximate surface area is 155 Å². The quantitative estimate of drug-likeness (QED) is 0.523. The van der Waals surface area contributed by atoms with E-state index >= 15 is 0 Å². The number of rotatable bonds is 4. The van der Waals surface area contributed by atoms with Crippen molar-refractivity contribution in [2.75, 3.05) is 26.2 Å². The Morgan fingerprint density at radius 1 is 1.11 bits per heavy atom. The van der Waals surface area contributed by atoms with Gasteiger partial charge in [-0.3, -0.25) is 19.8 Å². The summed E-state index contributed by atoms with van der Waals surface area (Å²) in [6, 6.07) is 11.8. The monoisotopic (exact) mass is 365 g/mol. The van der Waals surface area contributed by atoms with Crippen molar-refractivity contribution >= 4 is 17.2 Å². The molecule has 1 aromatic carbocycles. The summed E-state index contributed by atoms with van der Waals surface area (Å²) in [5.41, 5.74) is 2.34. The number of piperazine rings is 1. The van der Waals surface area contributed by atoms with Crippen LogP contribution in [0.15, 0.2) is 54.9 Å². The lowest BCUT2D eigenvalue weighted by Gasteiger charge is -2.34. The van der Waals surface area contributed by atoms with Crippen LogP contribution in [0.3, 0.4) is 0 Å². The van der Waals surface area contributed by atoms with Crippen molar-refractivity contribution in [1.82, 2.24) is 19.2 Å². The third-order valence-corrected chi connectivity index (χ3v) is 4.84. The van der Waals surface area contributed by atoms with Gasteiger partial charge in [-0.1, -0.05) is 12.1 Å². The minimum absolute atomic E-state index is 0.0629. The van der Waals surface area contributed by atoms with E-state index in [9.17, 15) is 14.9 Å². The van der Waals surface area contributed by atoms with Gasteiger partial charge >= 0.3 is 0 Å². The molecule has 8 heteroatoms. The van der Waals surface area contributed by atoms with Gasteiger partial charge in [-0.05, 0) is 18.2 Å². The van der Waals surface area contributed by atoms with E-state index in [1.807, 2.05) is 30.6 Å². The molecule has 0 bridgehead atoms. The minimum Gasteiger partial charge on any atom is -0.336 e. The van der Waals surface area contributed by atoms with E-state index in [0.29, 0.717) is 18.7 Å². The Morgan fingerprint density at radius 2 is 1.93 bits per heavy atom. The molecule has 1 aliphatic heterocycles. The van der Waals surface area contributed by atoms with E-state index < -0.39 is 4.92 Å². The maximum absolute atomic E-state index is 12.6. The standard InChI is InChI=1S/C19H19N5O3/c25-19(15-4-3-5-16(12-15)24(26)27)22-10-8-21(9-11-22)14-17-13-20-18-6-1-2-7-23(17)18/h1-7,12-13H,8-11,14H2. The molecule has 27 heavy (non-hydrogen) atoms. The molecule has 2 aromatic heterocycles. The normalized spacial score (nSPS) is 15.2. The highest BCUT2D eigenvalue weighted by Crippen LogP contribution is 2.17. The van der Waals surface area contributed by atoms with Gasteiger partial charge in [0.1, 0.15) is 5.65 Å². The Bertz CT molecular complexity index is 992. The maximum Gasteiger partial charge on any atom is 0.270 e. The van der Waals surface area contributed by atoms with Crippen LogP contribution in [-0.4, -0.2) is 56.2 Å². The number of pyridine rings is 1. The molecule has 1 amide bonds. The van der Waals surface area contributed by atoms with Crippen LogP contribution in [0.25, 0.3) is 5.65 Å². The van der Waals surface area contributed by atoms with Gasteiger partial charge in [0.25, 0.3) is 11.6 Å². The highest BCUT2D eigenvalue weighted by Gasteiger charge is 2.23. The van der Waals surface area contributed by atoms with Gasteiger partial charge < -0.3 is 9.30 Å². The minimum atomic E-state index is -0.482. The zero-order chi connectivity index (χ0) is 18.8. The third kappa shape index (κ3) is 3.52. The molecular formula is C19H19N5O3. The first-order valence-electron chi connectivity index (χ1n) is 8.79. The summed E-state index contributed by atoms with van der Waals surface area (Å²) in [5, 5.41) is 10.9. The molecule has 0 aliphatic carbocycles. The Balaban J connectivity index is 1.39. The second kappa shape index (κ2) is 7.16. The number of nitro benzene ring substituents is 1. The van der Waals surface area contributed by atoms with Crippen molar-refractivity contribution < 1.29 is 9.72 Å². The molecule has 0 radical (unpaired) electrons. The Kier molecular flexibility index (Phi) is 4.55. The van der Waals surface area contributed by atoms with Crippen LogP contribution in [0, 0.1) is 10.1 Å². The van der Waals surface area contributed by atoms with Crippen LogP contribution in [0.4, 0.5) is 5.69 Å². The van der Waals surface area contributed by atoms with Crippen LogP contribution in [0.1, 0.15) is 16.1 Å². The molecule has 4 rings (SSSR count). The number of fused-ring (bicyclic) bond motifs is 1. The van der Waals surface area contributed by atoms with E-state index in [4.69, 9.17) is 0 Å². The number of benzene rings is 1. The zero-order valence-electron chi connectivity index (χ0n) is 14.7. The fourth-order valence-electron chi connectivity index (χ4n) is 3.38. The van der Waals surface area contributed by atoms with Crippen molar-refractivity contribution in [3.05, 3.63) is 76.2 Å². The maximum atomic E-state index is 12.6. The molecule has 0 unspecified atom stereocenters. The lowest BCUT2D eigenvalue weighted by molar-refractivity contribution is -0.384. The van der Waals surface area contributed by atoms with Gasteiger partial charge in [-0.15, -0.1) is 0 Å². The molecule has 8 nitrogen and oxygen atoms in total. The van der Waals surface area contributed by atoms with Gasteiger partial charge in [-0.25, -0.2) is 4.98 Å². The number of nitrogens with zero attached hydrogens (tertiary/aromatic N) is 5. The first-order valence-corrected chi connectivity index (χ1v) is 8.79. The largest absolute Gasteiger partial charge is 0.336 e. The molecule has 0 N–H and O–H groups in total. The summed E-state index contributed by atoms with van der Waals surface area (Å²) >= 11 is 0. The smallest absolute Gasteiger partial charge is 0.270 e. The number of amides is 1. The van der Waals surface area contributed by atoms with Crippen LogP contribution < -0.4 is 0 Å². The second-order valence-electron chi connectivity index (χ2n) is 6.55. The highest BCUT2D eigenvalue weighted by atomic mass is 16.6. The number of carbonyl (C=O) groups excluding carboxylic acids is 1. The van der Waals surface area contributed by atoms with Crippen molar-refractivity contribution in [1.29, 1.82) is 0 Å². The van der Waals surface area contributed by atoms with Crippen molar-refractivity contribution in [2.24, 2.45) is 0 Å². The lowest BCUT2D eigenvalue weighted by Crippen LogP contribution is -2.48. The Hall–Kier alpha value is -3.26. The molecule has 1 fully saturated rings. The van der Waals surface area contributed by atoms with Crippen LogP contribution >= 0.6 is 0 Å².